The summed E-state index contributed by atoms with van der Waals surface area (Å²) < 4.78 is 38.8. The number of nitrogens with zero attached hydrogens (tertiary/aromatic N) is 2. The molecule has 0 spiro atoms. The smallest absolute Gasteiger partial charge is 0.313 e. The monoisotopic (exact) mass is 269 g/mol. The Bertz CT molecular complexity index is 560. The van der Waals surface area contributed by atoms with Gasteiger partial charge in [-0.05, 0) is 31.7 Å². The van der Waals surface area contributed by atoms with E-state index in [1.807, 2.05) is 26.1 Å². The van der Waals surface area contributed by atoms with Crippen molar-refractivity contribution in [2.24, 2.45) is 0 Å². The first kappa shape index (κ1) is 13.6. The highest BCUT2D eigenvalue weighted by Gasteiger charge is 2.32. The number of halogens is 3. The van der Waals surface area contributed by atoms with E-state index in [1.165, 1.54) is 4.68 Å². The lowest BCUT2D eigenvalue weighted by Gasteiger charge is -2.12. The molecule has 3 nitrogen and oxygen atoms in total. The summed E-state index contributed by atoms with van der Waals surface area (Å²) in [5.74, 6) is 0. The molecule has 6 heteroatoms. The fourth-order valence-corrected chi connectivity index (χ4v) is 1.71. The van der Waals surface area contributed by atoms with E-state index in [-0.39, 0.29) is 6.04 Å². The zero-order valence-corrected chi connectivity index (χ0v) is 10.6. The maximum absolute atomic E-state index is 12.5. The minimum absolute atomic E-state index is 0.123. The third kappa shape index (κ3) is 2.96. The van der Waals surface area contributed by atoms with Gasteiger partial charge in [-0.25, -0.2) is 4.68 Å². The van der Waals surface area contributed by atoms with Crippen LogP contribution in [-0.2, 0) is 6.18 Å². The van der Waals surface area contributed by atoms with Gasteiger partial charge in [0.25, 0.3) is 0 Å². The Morgan fingerprint density at radius 2 is 2.05 bits per heavy atom. The highest BCUT2D eigenvalue weighted by Crippen LogP contribution is 2.29. The van der Waals surface area contributed by atoms with Crippen LogP contribution in [0.15, 0.2) is 36.7 Å². The quantitative estimate of drug-likeness (QED) is 0.927. The summed E-state index contributed by atoms with van der Waals surface area (Å²) in [4.78, 5) is 0. The molecule has 2 rings (SSSR count). The molecule has 1 heterocycles. The SMILES string of the molecule is CNC(C)c1cccc(-n2cc(C(F)(F)F)cn2)c1. The lowest BCUT2D eigenvalue weighted by Crippen LogP contribution is -2.12. The lowest BCUT2D eigenvalue weighted by molar-refractivity contribution is -0.137. The molecule has 1 aromatic carbocycles. The molecule has 0 saturated heterocycles. The maximum Gasteiger partial charge on any atom is 0.419 e. The molecule has 102 valence electrons. The molecule has 0 radical (unpaired) electrons. The molecule has 0 amide bonds. The van der Waals surface area contributed by atoms with Gasteiger partial charge in [0.2, 0.25) is 0 Å². The summed E-state index contributed by atoms with van der Waals surface area (Å²) in [5.41, 5.74) is 0.846. The van der Waals surface area contributed by atoms with Crippen molar-refractivity contribution in [3.8, 4) is 5.69 Å². The molecule has 0 aliphatic carbocycles. The molecule has 0 fully saturated rings. The topological polar surface area (TPSA) is 29.9 Å². The molecule has 0 aliphatic rings. The first-order valence-corrected chi connectivity index (χ1v) is 5.81. The Balaban J connectivity index is 2.34. The fourth-order valence-electron chi connectivity index (χ4n) is 1.71. The number of aromatic nitrogens is 2. The van der Waals surface area contributed by atoms with Crippen molar-refractivity contribution in [3.63, 3.8) is 0 Å². The van der Waals surface area contributed by atoms with Crippen LogP contribution in [-0.4, -0.2) is 16.8 Å². The summed E-state index contributed by atoms with van der Waals surface area (Å²) in [6.07, 6.45) is -2.55. The van der Waals surface area contributed by atoms with Gasteiger partial charge in [0.15, 0.2) is 0 Å². The van der Waals surface area contributed by atoms with Crippen LogP contribution in [0.1, 0.15) is 24.1 Å². The Morgan fingerprint density at radius 3 is 2.63 bits per heavy atom. The van der Waals surface area contributed by atoms with Gasteiger partial charge >= 0.3 is 6.18 Å². The summed E-state index contributed by atoms with van der Waals surface area (Å²) in [7, 11) is 1.83. The predicted octanol–water partition coefficient (Wildman–Crippen LogP) is 3.17. The van der Waals surface area contributed by atoms with Crippen molar-refractivity contribution in [1.82, 2.24) is 15.1 Å². The molecule has 1 atom stereocenters. The molecule has 19 heavy (non-hydrogen) atoms. The van der Waals surface area contributed by atoms with Crippen molar-refractivity contribution >= 4 is 0 Å². The van der Waals surface area contributed by atoms with Gasteiger partial charge in [0.1, 0.15) is 0 Å². The third-order valence-corrected chi connectivity index (χ3v) is 2.98. The molecule has 1 unspecified atom stereocenters. The van der Waals surface area contributed by atoms with E-state index in [1.54, 1.807) is 12.1 Å². The van der Waals surface area contributed by atoms with E-state index in [0.29, 0.717) is 5.69 Å². The highest BCUT2D eigenvalue weighted by atomic mass is 19.4. The van der Waals surface area contributed by atoms with E-state index in [4.69, 9.17) is 0 Å². The zero-order valence-electron chi connectivity index (χ0n) is 10.6. The van der Waals surface area contributed by atoms with Crippen LogP contribution >= 0.6 is 0 Å². The summed E-state index contributed by atoms with van der Waals surface area (Å²) in [6.45, 7) is 1.98. The Hall–Kier alpha value is -1.82. The predicted molar refractivity (Wildman–Crippen MR) is 66.0 cm³/mol. The van der Waals surface area contributed by atoms with E-state index in [0.717, 1.165) is 18.0 Å². The van der Waals surface area contributed by atoms with Crippen molar-refractivity contribution < 1.29 is 13.2 Å². The molecule has 0 bridgehead atoms. The minimum atomic E-state index is -4.37. The van der Waals surface area contributed by atoms with Crippen LogP contribution in [0.2, 0.25) is 0 Å². The van der Waals surface area contributed by atoms with E-state index in [9.17, 15) is 13.2 Å². The van der Waals surface area contributed by atoms with Gasteiger partial charge in [-0.2, -0.15) is 18.3 Å². The molecule has 2 aromatic rings. The first-order chi connectivity index (χ1) is 8.91. The first-order valence-electron chi connectivity index (χ1n) is 5.81. The second kappa shape index (κ2) is 5.05. The zero-order chi connectivity index (χ0) is 14.0. The van der Waals surface area contributed by atoms with Crippen molar-refractivity contribution in [3.05, 3.63) is 47.8 Å². The van der Waals surface area contributed by atoms with Gasteiger partial charge in [-0.1, -0.05) is 12.1 Å². The van der Waals surface area contributed by atoms with E-state index in [2.05, 4.69) is 10.4 Å². The van der Waals surface area contributed by atoms with E-state index < -0.39 is 11.7 Å². The largest absolute Gasteiger partial charge is 0.419 e. The number of benzene rings is 1. The van der Waals surface area contributed by atoms with Crippen LogP contribution in [0.25, 0.3) is 5.69 Å². The molecule has 1 aromatic heterocycles. The van der Waals surface area contributed by atoms with E-state index >= 15 is 0 Å². The van der Waals surface area contributed by atoms with Gasteiger partial charge < -0.3 is 5.32 Å². The Kier molecular flexibility index (Phi) is 3.61. The Morgan fingerprint density at radius 1 is 1.32 bits per heavy atom. The molecule has 1 N–H and O–H groups in total. The van der Waals surface area contributed by atoms with Crippen LogP contribution in [0.3, 0.4) is 0 Å². The molecule has 0 saturated carbocycles. The second-order valence-electron chi connectivity index (χ2n) is 4.28. The minimum Gasteiger partial charge on any atom is -0.313 e. The summed E-state index contributed by atoms with van der Waals surface area (Å²) >= 11 is 0. The van der Waals surface area contributed by atoms with Crippen LogP contribution in [0.5, 0.6) is 0 Å². The molecular weight excluding hydrogens is 255 g/mol. The lowest BCUT2D eigenvalue weighted by atomic mass is 10.1. The third-order valence-electron chi connectivity index (χ3n) is 2.98. The summed E-state index contributed by atoms with van der Waals surface area (Å²) in [5, 5.41) is 6.84. The standard InChI is InChI=1S/C13H14F3N3/c1-9(17-2)10-4-3-5-12(6-10)19-8-11(7-18-19)13(14,15)16/h3-9,17H,1-2H3. The number of hydrogen-bond acceptors (Lipinski definition) is 2. The van der Waals surface area contributed by atoms with Gasteiger partial charge in [-0.3, -0.25) is 0 Å². The van der Waals surface area contributed by atoms with Crippen molar-refractivity contribution in [1.29, 1.82) is 0 Å². The van der Waals surface area contributed by atoms with Gasteiger partial charge in [-0.15, -0.1) is 0 Å². The average molecular weight is 269 g/mol. The Labute approximate surface area is 109 Å². The molecule has 0 aliphatic heterocycles. The van der Waals surface area contributed by atoms with Crippen LogP contribution in [0.4, 0.5) is 13.2 Å². The fraction of sp³-hybridized carbons (Fsp3) is 0.308. The highest BCUT2D eigenvalue weighted by molar-refractivity contribution is 5.37. The maximum atomic E-state index is 12.5. The average Bonchev–Trinajstić information content (AvgIpc) is 2.87. The van der Waals surface area contributed by atoms with Gasteiger partial charge in [0.05, 0.1) is 17.4 Å². The normalized spacial score (nSPS) is 13.5. The van der Waals surface area contributed by atoms with Crippen molar-refractivity contribution in [2.75, 3.05) is 7.05 Å². The van der Waals surface area contributed by atoms with Crippen molar-refractivity contribution in [2.45, 2.75) is 19.1 Å². The number of hydrogen-bond donors (Lipinski definition) is 1. The van der Waals surface area contributed by atoms with Crippen LogP contribution in [0, 0.1) is 0 Å². The van der Waals surface area contributed by atoms with Gasteiger partial charge in [0, 0.05) is 12.2 Å². The second-order valence-corrected chi connectivity index (χ2v) is 4.28. The number of rotatable bonds is 3. The number of alkyl halides is 3. The summed E-state index contributed by atoms with van der Waals surface area (Å²) in [6, 6.07) is 7.37. The molecular formula is C13H14F3N3. The van der Waals surface area contributed by atoms with Crippen LogP contribution < -0.4 is 5.32 Å². The number of nitrogens with one attached hydrogen (secondary N) is 1.